The van der Waals surface area contributed by atoms with Crippen molar-refractivity contribution >= 4 is 16.9 Å². The average molecular weight is 558 g/mol. The zero-order chi connectivity index (χ0) is 28.6. The number of nitrogens with one attached hydrogen (secondary N) is 1. The second kappa shape index (κ2) is 11.9. The highest BCUT2D eigenvalue weighted by Gasteiger charge is 2.30. The molecule has 2 fully saturated rings. The molecule has 1 aromatic carbocycles. The number of rotatable bonds is 7. The number of likely N-dealkylation sites (tertiary alicyclic amines) is 1. The van der Waals surface area contributed by atoms with Crippen LogP contribution < -0.4 is 10.7 Å². The number of aliphatic hydroxyl groups is 1. The molecule has 2 aromatic heterocycles. The SMILES string of the molecule is CO[C@@H]1CN(Cc2c(C)c(=O)c3ccc(-c4nc(N[C@@H]5CCOC[C@H]5O)ncc4F)cc3n2C(C)C)CC[C@H]1F. The van der Waals surface area contributed by atoms with Gasteiger partial charge in [-0.15, -0.1) is 0 Å². The minimum Gasteiger partial charge on any atom is -0.389 e. The van der Waals surface area contributed by atoms with Gasteiger partial charge in [0.2, 0.25) is 5.95 Å². The van der Waals surface area contributed by atoms with Gasteiger partial charge in [0, 0.05) is 61.6 Å². The van der Waals surface area contributed by atoms with Crippen molar-refractivity contribution in [1.29, 1.82) is 0 Å². The number of aromatic nitrogens is 3. The molecular weight excluding hydrogens is 520 g/mol. The number of halogens is 2. The summed E-state index contributed by atoms with van der Waals surface area (Å²) in [5.74, 6) is -0.389. The van der Waals surface area contributed by atoms with E-state index in [0.717, 1.165) is 11.9 Å². The lowest BCUT2D eigenvalue weighted by Gasteiger charge is -2.35. The molecule has 11 heteroatoms. The average Bonchev–Trinajstić information content (AvgIpc) is 2.94. The lowest BCUT2D eigenvalue weighted by Crippen LogP contribution is -2.46. The van der Waals surface area contributed by atoms with Gasteiger partial charge in [-0.2, -0.15) is 0 Å². The molecule has 3 aromatic rings. The maximum absolute atomic E-state index is 15.1. The Morgan fingerprint density at radius 2 is 2.10 bits per heavy atom. The van der Waals surface area contributed by atoms with Gasteiger partial charge >= 0.3 is 0 Å². The highest BCUT2D eigenvalue weighted by Crippen LogP contribution is 2.29. The first kappa shape index (κ1) is 28.5. The van der Waals surface area contributed by atoms with Gasteiger partial charge in [-0.1, -0.05) is 6.07 Å². The molecule has 4 atom stereocenters. The number of piperidine rings is 1. The van der Waals surface area contributed by atoms with Crippen molar-refractivity contribution in [3.05, 3.63) is 51.7 Å². The number of hydrogen-bond donors (Lipinski definition) is 2. The summed E-state index contributed by atoms with van der Waals surface area (Å²) in [6, 6.07) is 4.90. The van der Waals surface area contributed by atoms with Crippen LogP contribution in [0.1, 0.15) is 44.0 Å². The number of aliphatic hydroxyl groups excluding tert-OH is 1. The van der Waals surface area contributed by atoms with Gasteiger partial charge in [0.05, 0.1) is 30.5 Å². The Balaban J connectivity index is 1.55. The van der Waals surface area contributed by atoms with Gasteiger partial charge < -0.3 is 24.5 Å². The van der Waals surface area contributed by atoms with E-state index in [4.69, 9.17) is 9.47 Å². The van der Waals surface area contributed by atoms with Crippen molar-refractivity contribution in [2.75, 3.05) is 38.7 Å². The van der Waals surface area contributed by atoms with Crippen LogP contribution in [0.2, 0.25) is 0 Å². The van der Waals surface area contributed by atoms with E-state index in [9.17, 15) is 14.3 Å². The molecule has 40 heavy (non-hydrogen) atoms. The monoisotopic (exact) mass is 557 g/mol. The molecule has 0 saturated carbocycles. The van der Waals surface area contributed by atoms with Gasteiger partial charge in [0.15, 0.2) is 11.2 Å². The van der Waals surface area contributed by atoms with E-state index in [1.807, 2.05) is 20.8 Å². The first-order valence-corrected chi connectivity index (χ1v) is 13.8. The number of pyridine rings is 1. The van der Waals surface area contributed by atoms with E-state index in [1.165, 1.54) is 7.11 Å². The Hall–Kier alpha value is -2.99. The predicted octanol–water partition coefficient (Wildman–Crippen LogP) is 3.61. The summed E-state index contributed by atoms with van der Waals surface area (Å²) in [6.45, 7) is 8.08. The summed E-state index contributed by atoms with van der Waals surface area (Å²) in [5.41, 5.74) is 2.67. The van der Waals surface area contributed by atoms with E-state index in [-0.39, 0.29) is 35.8 Å². The first-order valence-electron chi connectivity index (χ1n) is 13.8. The number of hydrogen-bond acceptors (Lipinski definition) is 8. The Morgan fingerprint density at radius 1 is 1.30 bits per heavy atom. The normalized spacial score (nSPS) is 24.1. The molecule has 216 valence electrons. The van der Waals surface area contributed by atoms with Crippen LogP contribution in [0.3, 0.4) is 0 Å². The van der Waals surface area contributed by atoms with Gasteiger partial charge in [-0.05, 0) is 45.7 Å². The number of alkyl halides is 1. The Kier molecular flexibility index (Phi) is 8.46. The van der Waals surface area contributed by atoms with E-state index in [0.29, 0.717) is 61.1 Å². The fourth-order valence-electron chi connectivity index (χ4n) is 5.74. The van der Waals surface area contributed by atoms with Crippen LogP contribution in [0.25, 0.3) is 22.2 Å². The smallest absolute Gasteiger partial charge is 0.223 e. The molecule has 0 radical (unpaired) electrons. The number of methoxy groups -OCH3 is 1. The van der Waals surface area contributed by atoms with E-state index < -0.39 is 24.2 Å². The maximum Gasteiger partial charge on any atom is 0.223 e. The summed E-state index contributed by atoms with van der Waals surface area (Å²) in [6.07, 6.45) is -0.183. The van der Waals surface area contributed by atoms with Crippen LogP contribution in [0, 0.1) is 12.7 Å². The maximum atomic E-state index is 15.1. The van der Waals surface area contributed by atoms with Gasteiger partial charge in [-0.25, -0.2) is 18.7 Å². The molecule has 0 unspecified atom stereocenters. The zero-order valence-electron chi connectivity index (χ0n) is 23.4. The lowest BCUT2D eigenvalue weighted by atomic mass is 10.0. The summed E-state index contributed by atoms with van der Waals surface area (Å²) in [5, 5.41) is 13.9. The molecule has 9 nitrogen and oxygen atoms in total. The van der Waals surface area contributed by atoms with Crippen LogP contribution in [-0.4, -0.2) is 82.4 Å². The van der Waals surface area contributed by atoms with Crippen molar-refractivity contribution in [3.63, 3.8) is 0 Å². The van der Waals surface area contributed by atoms with Crippen molar-refractivity contribution in [2.45, 2.75) is 70.6 Å². The highest BCUT2D eigenvalue weighted by molar-refractivity contribution is 5.85. The van der Waals surface area contributed by atoms with Gasteiger partial charge in [-0.3, -0.25) is 9.69 Å². The summed E-state index contributed by atoms with van der Waals surface area (Å²) >= 11 is 0. The molecule has 0 spiro atoms. The van der Waals surface area contributed by atoms with Gasteiger partial charge in [0.25, 0.3) is 0 Å². The van der Waals surface area contributed by atoms with Gasteiger partial charge in [0.1, 0.15) is 18.0 Å². The molecule has 5 rings (SSSR count). The highest BCUT2D eigenvalue weighted by atomic mass is 19.1. The standard InChI is InChI=1S/C29H37F2N5O4/c1-16(2)36-23-11-18(27-21(31)12-32-29(34-27)33-22-8-10-40-15-25(22)37)5-6-19(23)28(38)17(3)24(36)13-35-9-7-20(30)26(14-35)39-4/h5-6,11-12,16,20,22,25-26,37H,7-10,13-15H2,1-4H3,(H,32,33,34)/t20-,22-,25-,26-/m1/s1. The second-order valence-electron chi connectivity index (χ2n) is 11.0. The largest absolute Gasteiger partial charge is 0.389 e. The number of anilines is 1. The molecule has 0 bridgehead atoms. The third-order valence-corrected chi connectivity index (χ3v) is 7.98. The molecule has 0 amide bonds. The second-order valence-corrected chi connectivity index (χ2v) is 11.0. The van der Waals surface area contributed by atoms with Crippen LogP contribution >= 0.6 is 0 Å². The summed E-state index contributed by atoms with van der Waals surface area (Å²) in [4.78, 5) is 24.1. The zero-order valence-corrected chi connectivity index (χ0v) is 23.4. The lowest BCUT2D eigenvalue weighted by molar-refractivity contribution is -0.0281. The van der Waals surface area contributed by atoms with Crippen LogP contribution in [0.5, 0.6) is 0 Å². The number of ether oxygens (including phenoxy) is 2. The molecule has 2 aliphatic heterocycles. The van der Waals surface area contributed by atoms with Crippen LogP contribution in [-0.2, 0) is 16.0 Å². The molecular formula is C29H37F2N5O4. The first-order chi connectivity index (χ1) is 19.2. The molecule has 4 heterocycles. The predicted molar refractivity (Wildman–Crippen MR) is 149 cm³/mol. The summed E-state index contributed by atoms with van der Waals surface area (Å²) < 4.78 is 42.1. The van der Waals surface area contributed by atoms with E-state index >= 15 is 4.39 Å². The van der Waals surface area contributed by atoms with Crippen molar-refractivity contribution in [3.8, 4) is 11.3 Å². The topological polar surface area (TPSA) is 102 Å². The van der Waals surface area contributed by atoms with E-state index in [2.05, 4.69) is 24.8 Å². The van der Waals surface area contributed by atoms with Crippen LogP contribution in [0.4, 0.5) is 14.7 Å². The summed E-state index contributed by atoms with van der Waals surface area (Å²) in [7, 11) is 1.52. The number of nitrogens with zero attached hydrogens (tertiary/aromatic N) is 4. The Labute approximate surface area is 232 Å². The third kappa shape index (κ3) is 5.60. The fraction of sp³-hybridized carbons (Fsp3) is 0.552. The minimum atomic E-state index is -1.01. The van der Waals surface area contributed by atoms with E-state index in [1.54, 1.807) is 18.2 Å². The third-order valence-electron chi connectivity index (χ3n) is 7.98. The molecule has 2 aliphatic rings. The molecule has 0 aliphatic carbocycles. The van der Waals surface area contributed by atoms with Crippen molar-refractivity contribution < 1.29 is 23.4 Å². The Bertz CT molecular complexity index is 1430. The number of fused-ring (bicyclic) bond motifs is 1. The quantitative estimate of drug-likeness (QED) is 0.455. The van der Waals surface area contributed by atoms with Crippen molar-refractivity contribution in [2.24, 2.45) is 0 Å². The minimum absolute atomic E-state index is 0.00790. The number of benzene rings is 1. The molecule has 2 saturated heterocycles. The van der Waals surface area contributed by atoms with Crippen LogP contribution in [0.15, 0.2) is 29.2 Å². The van der Waals surface area contributed by atoms with Crippen molar-refractivity contribution in [1.82, 2.24) is 19.4 Å². The fourth-order valence-corrected chi connectivity index (χ4v) is 5.74. The molecule has 2 N–H and O–H groups in total. The Morgan fingerprint density at radius 3 is 2.83 bits per heavy atom.